The molecule has 2 aromatic carbocycles. The molecule has 0 amide bonds. The lowest BCUT2D eigenvalue weighted by atomic mass is 10.1. The van der Waals surface area contributed by atoms with Crippen molar-refractivity contribution in [3.05, 3.63) is 69.9 Å². The van der Waals surface area contributed by atoms with Crippen LogP contribution in [0.2, 0.25) is 0 Å². The number of anilines is 1. The number of aryl methyl sites for hydroxylation is 1. The first kappa shape index (κ1) is 23.5. The molecule has 3 aromatic rings. The first-order chi connectivity index (χ1) is 15.8. The SMILES string of the molecule is CCOC(=O)c1scc(-c2ccccc2)c1S(=O)(=O)N1CCN(c2cccc(C)c2C)CC1. The summed E-state index contributed by atoms with van der Waals surface area (Å²) in [5.74, 6) is -0.600. The van der Waals surface area contributed by atoms with Crippen molar-refractivity contribution in [2.24, 2.45) is 0 Å². The third-order valence-electron chi connectivity index (χ3n) is 6.04. The highest BCUT2D eigenvalue weighted by molar-refractivity contribution is 7.89. The average molecular weight is 485 g/mol. The zero-order chi connectivity index (χ0) is 23.6. The van der Waals surface area contributed by atoms with Crippen LogP contribution in [0.4, 0.5) is 5.69 Å². The number of thiophene rings is 1. The molecular formula is C25H28N2O4S2. The van der Waals surface area contributed by atoms with Gasteiger partial charge in [0.25, 0.3) is 0 Å². The number of piperazine rings is 1. The molecule has 0 N–H and O–H groups in total. The molecule has 0 aliphatic carbocycles. The molecule has 0 atom stereocenters. The van der Waals surface area contributed by atoms with E-state index in [2.05, 4.69) is 30.9 Å². The quantitative estimate of drug-likeness (QED) is 0.474. The van der Waals surface area contributed by atoms with Gasteiger partial charge in [-0.05, 0) is 43.5 Å². The van der Waals surface area contributed by atoms with E-state index in [-0.39, 0.29) is 16.4 Å². The standard InChI is InChI=1S/C25H28N2O4S2/c1-4-31-25(28)23-24(21(17-32-23)20-10-6-5-7-11-20)33(29,30)27-15-13-26(14-16-27)22-12-8-9-18(2)19(22)3/h5-12,17H,4,13-16H2,1-3H3. The molecule has 0 bridgehead atoms. The van der Waals surface area contributed by atoms with E-state index in [1.54, 1.807) is 12.3 Å². The van der Waals surface area contributed by atoms with Crippen LogP contribution in [0.15, 0.2) is 58.8 Å². The van der Waals surface area contributed by atoms with E-state index < -0.39 is 16.0 Å². The minimum Gasteiger partial charge on any atom is -0.462 e. The van der Waals surface area contributed by atoms with Gasteiger partial charge in [-0.3, -0.25) is 0 Å². The third kappa shape index (κ3) is 4.55. The number of rotatable bonds is 6. The highest BCUT2D eigenvalue weighted by Crippen LogP contribution is 2.38. The number of hydrogen-bond acceptors (Lipinski definition) is 6. The molecule has 174 valence electrons. The fourth-order valence-electron chi connectivity index (χ4n) is 4.13. The number of benzene rings is 2. The summed E-state index contributed by atoms with van der Waals surface area (Å²) in [6.07, 6.45) is 0. The Labute approximate surface area is 199 Å². The van der Waals surface area contributed by atoms with Gasteiger partial charge in [0, 0.05) is 42.8 Å². The summed E-state index contributed by atoms with van der Waals surface area (Å²) in [6, 6.07) is 15.5. The van der Waals surface area contributed by atoms with Crippen LogP contribution in [0.1, 0.15) is 27.7 Å². The summed E-state index contributed by atoms with van der Waals surface area (Å²) in [6.45, 7) is 7.95. The largest absolute Gasteiger partial charge is 0.462 e. The number of carbonyl (C=O) groups is 1. The summed E-state index contributed by atoms with van der Waals surface area (Å²) in [5.41, 5.74) is 4.87. The van der Waals surface area contributed by atoms with Gasteiger partial charge in [-0.2, -0.15) is 4.31 Å². The predicted molar refractivity (Wildman–Crippen MR) is 133 cm³/mol. The molecule has 6 nitrogen and oxygen atoms in total. The molecule has 1 aliphatic rings. The van der Waals surface area contributed by atoms with Gasteiger partial charge < -0.3 is 9.64 Å². The highest BCUT2D eigenvalue weighted by Gasteiger charge is 2.36. The van der Waals surface area contributed by atoms with Gasteiger partial charge in [-0.15, -0.1) is 11.3 Å². The average Bonchev–Trinajstić information content (AvgIpc) is 3.28. The number of sulfonamides is 1. The lowest BCUT2D eigenvalue weighted by molar-refractivity contribution is 0.0528. The van der Waals surface area contributed by atoms with Crippen LogP contribution in [0.25, 0.3) is 11.1 Å². The summed E-state index contributed by atoms with van der Waals surface area (Å²) in [7, 11) is -3.90. The maximum atomic E-state index is 13.8. The van der Waals surface area contributed by atoms with Crippen LogP contribution in [0.5, 0.6) is 0 Å². The monoisotopic (exact) mass is 484 g/mol. The Bertz CT molecular complexity index is 1240. The van der Waals surface area contributed by atoms with Crippen molar-refractivity contribution in [2.75, 3.05) is 37.7 Å². The topological polar surface area (TPSA) is 66.9 Å². The maximum absolute atomic E-state index is 13.8. The third-order valence-corrected chi connectivity index (χ3v) is 9.12. The van der Waals surface area contributed by atoms with Gasteiger partial charge in [0.05, 0.1) is 6.61 Å². The van der Waals surface area contributed by atoms with Crippen molar-refractivity contribution in [1.29, 1.82) is 0 Å². The van der Waals surface area contributed by atoms with Crippen LogP contribution in [-0.2, 0) is 14.8 Å². The normalized spacial score (nSPS) is 14.9. The Hall–Kier alpha value is -2.68. The lowest BCUT2D eigenvalue weighted by Gasteiger charge is -2.36. The molecule has 4 rings (SSSR count). The second-order valence-corrected chi connectivity index (χ2v) is 10.8. The van der Waals surface area contributed by atoms with Crippen molar-refractivity contribution in [3.8, 4) is 11.1 Å². The summed E-state index contributed by atoms with van der Waals surface area (Å²) in [4.78, 5) is 15.1. The number of esters is 1. The number of ether oxygens (including phenoxy) is 1. The van der Waals surface area contributed by atoms with Gasteiger partial charge in [0.2, 0.25) is 10.0 Å². The number of hydrogen-bond donors (Lipinski definition) is 0. The summed E-state index contributed by atoms with van der Waals surface area (Å²) in [5, 5.41) is 1.74. The van der Waals surface area contributed by atoms with Crippen molar-refractivity contribution in [1.82, 2.24) is 4.31 Å². The highest BCUT2D eigenvalue weighted by atomic mass is 32.2. The summed E-state index contributed by atoms with van der Waals surface area (Å²) >= 11 is 1.12. The second kappa shape index (κ2) is 9.67. The molecule has 8 heteroatoms. The Balaban J connectivity index is 1.66. The van der Waals surface area contributed by atoms with E-state index in [0.717, 1.165) is 22.6 Å². The maximum Gasteiger partial charge on any atom is 0.349 e. The molecule has 0 saturated carbocycles. The van der Waals surface area contributed by atoms with Crippen LogP contribution in [0.3, 0.4) is 0 Å². The lowest BCUT2D eigenvalue weighted by Crippen LogP contribution is -2.49. The van der Waals surface area contributed by atoms with Gasteiger partial charge >= 0.3 is 5.97 Å². The van der Waals surface area contributed by atoms with Crippen molar-refractivity contribution < 1.29 is 17.9 Å². The molecule has 1 aliphatic heterocycles. The fraction of sp³-hybridized carbons (Fsp3) is 0.320. The Morgan fingerprint density at radius 1 is 1.00 bits per heavy atom. The zero-order valence-corrected chi connectivity index (χ0v) is 20.7. The van der Waals surface area contributed by atoms with E-state index in [4.69, 9.17) is 4.74 Å². The molecule has 33 heavy (non-hydrogen) atoms. The van der Waals surface area contributed by atoms with Gasteiger partial charge in [-0.1, -0.05) is 42.5 Å². The summed E-state index contributed by atoms with van der Waals surface area (Å²) < 4.78 is 34.4. The van der Waals surface area contributed by atoms with Crippen LogP contribution < -0.4 is 4.90 Å². The Morgan fingerprint density at radius 2 is 1.70 bits per heavy atom. The number of carbonyl (C=O) groups excluding carboxylic acids is 1. The second-order valence-electron chi connectivity index (χ2n) is 8.00. The first-order valence-electron chi connectivity index (χ1n) is 11.0. The minimum absolute atomic E-state index is 0.0531. The van der Waals surface area contributed by atoms with Crippen molar-refractivity contribution in [2.45, 2.75) is 25.7 Å². The van der Waals surface area contributed by atoms with E-state index >= 15 is 0 Å². The molecule has 2 heterocycles. The van der Waals surface area contributed by atoms with E-state index in [1.165, 1.54) is 15.4 Å². The molecule has 1 fully saturated rings. The van der Waals surface area contributed by atoms with Crippen LogP contribution >= 0.6 is 11.3 Å². The van der Waals surface area contributed by atoms with Gasteiger partial charge in [0.15, 0.2) is 0 Å². The number of nitrogens with zero attached hydrogens (tertiary/aromatic N) is 2. The van der Waals surface area contributed by atoms with E-state index in [0.29, 0.717) is 31.7 Å². The van der Waals surface area contributed by atoms with Crippen molar-refractivity contribution in [3.63, 3.8) is 0 Å². The molecule has 0 radical (unpaired) electrons. The van der Waals surface area contributed by atoms with Gasteiger partial charge in [0.1, 0.15) is 9.77 Å². The Morgan fingerprint density at radius 3 is 2.36 bits per heavy atom. The Kier molecular flexibility index (Phi) is 6.88. The van der Waals surface area contributed by atoms with Crippen molar-refractivity contribution >= 4 is 33.0 Å². The molecule has 0 spiro atoms. The first-order valence-corrected chi connectivity index (χ1v) is 13.3. The van der Waals surface area contributed by atoms with E-state index in [1.807, 2.05) is 36.4 Å². The van der Waals surface area contributed by atoms with E-state index in [9.17, 15) is 13.2 Å². The molecule has 1 aromatic heterocycles. The fourth-order valence-corrected chi connectivity index (χ4v) is 7.21. The molecule has 0 unspecified atom stereocenters. The van der Waals surface area contributed by atoms with Gasteiger partial charge in [-0.25, -0.2) is 13.2 Å². The molecule has 1 saturated heterocycles. The minimum atomic E-state index is -3.90. The smallest absolute Gasteiger partial charge is 0.349 e. The zero-order valence-electron chi connectivity index (χ0n) is 19.1. The molecular weight excluding hydrogens is 456 g/mol. The van der Waals surface area contributed by atoms with Crippen LogP contribution in [0, 0.1) is 13.8 Å². The predicted octanol–water partition coefficient (Wildman–Crippen LogP) is 4.72. The van der Waals surface area contributed by atoms with Crippen LogP contribution in [-0.4, -0.2) is 51.5 Å².